The molecular formula is C16H17NO3S. The zero-order valence-electron chi connectivity index (χ0n) is 11.5. The molecule has 1 fully saturated rings. The van der Waals surface area contributed by atoms with Gasteiger partial charge in [-0.05, 0) is 53.4 Å². The Balaban J connectivity index is 1.70. The van der Waals surface area contributed by atoms with Crippen molar-refractivity contribution in [2.45, 2.75) is 25.4 Å². The third-order valence-corrected chi connectivity index (χ3v) is 4.41. The molecule has 110 valence electrons. The molecule has 2 aromatic rings. The highest BCUT2D eigenvalue weighted by molar-refractivity contribution is 7.07. The van der Waals surface area contributed by atoms with Gasteiger partial charge in [0.25, 0.3) is 0 Å². The Kier molecular flexibility index (Phi) is 3.94. The molecule has 5 heteroatoms. The fourth-order valence-electron chi connectivity index (χ4n) is 2.34. The van der Waals surface area contributed by atoms with Crippen molar-refractivity contribution in [3.63, 3.8) is 0 Å². The highest BCUT2D eigenvalue weighted by Gasteiger charge is 2.30. The summed E-state index contributed by atoms with van der Waals surface area (Å²) in [5.41, 5.74) is 1.66. The smallest absolute Gasteiger partial charge is 0.176 e. The van der Waals surface area contributed by atoms with Crippen LogP contribution in [0.5, 0.6) is 11.5 Å². The summed E-state index contributed by atoms with van der Waals surface area (Å²) in [6, 6.07) is 6.79. The first-order valence-corrected chi connectivity index (χ1v) is 7.88. The van der Waals surface area contributed by atoms with E-state index in [2.05, 4.69) is 16.3 Å². The van der Waals surface area contributed by atoms with Gasteiger partial charge in [0.15, 0.2) is 17.3 Å². The van der Waals surface area contributed by atoms with Crippen LogP contribution in [0.4, 0.5) is 0 Å². The zero-order valence-corrected chi connectivity index (χ0v) is 12.3. The highest BCUT2D eigenvalue weighted by atomic mass is 32.1. The number of hydrogen-bond donors (Lipinski definition) is 2. The fraction of sp³-hybridized carbons (Fsp3) is 0.312. The number of ketones is 1. The van der Waals surface area contributed by atoms with Gasteiger partial charge in [0, 0.05) is 18.2 Å². The molecule has 2 N–H and O–H groups in total. The molecule has 1 aromatic heterocycles. The van der Waals surface area contributed by atoms with E-state index in [-0.39, 0.29) is 17.3 Å². The van der Waals surface area contributed by atoms with E-state index in [1.54, 1.807) is 17.4 Å². The van der Waals surface area contributed by atoms with Crippen LogP contribution in [-0.4, -0.2) is 33.5 Å². The molecule has 1 heterocycles. The van der Waals surface area contributed by atoms with E-state index in [9.17, 15) is 15.0 Å². The second-order valence-electron chi connectivity index (χ2n) is 5.39. The van der Waals surface area contributed by atoms with Crippen molar-refractivity contribution in [1.29, 1.82) is 0 Å². The molecule has 1 saturated carbocycles. The summed E-state index contributed by atoms with van der Waals surface area (Å²) in [4.78, 5) is 14.5. The number of carbonyl (C=O) groups excluding carboxylic acids is 1. The van der Waals surface area contributed by atoms with Gasteiger partial charge >= 0.3 is 0 Å². The van der Waals surface area contributed by atoms with Crippen LogP contribution in [0.2, 0.25) is 0 Å². The first-order valence-electron chi connectivity index (χ1n) is 6.94. The lowest BCUT2D eigenvalue weighted by molar-refractivity contribution is 0.0919. The SMILES string of the molecule is O=C(CN(Cc1ccsc1)C1CC1)c1ccc(O)c(O)c1. The van der Waals surface area contributed by atoms with Crippen molar-refractivity contribution in [3.8, 4) is 11.5 Å². The van der Waals surface area contributed by atoms with Crippen LogP contribution in [0.25, 0.3) is 0 Å². The highest BCUT2D eigenvalue weighted by Crippen LogP contribution is 2.30. The number of rotatable bonds is 6. The number of phenolic OH excluding ortho intramolecular Hbond substituents is 2. The molecule has 0 radical (unpaired) electrons. The zero-order chi connectivity index (χ0) is 14.8. The molecule has 21 heavy (non-hydrogen) atoms. The Labute approximate surface area is 127 Å². The van der Waals surface area contributed by atoms with E-state index in [0.717, 1.165) is 19.4 Å². The predicted molar refractivity (Wildman–Crippen MR) is 81.9 cm³/mol. The molecule has 0 spiro atoms. The summed E-state index contributed by atoms with van der Waals surface area (Å²) in [7, 11) is 0. The molecule has 0 bridgehead atoms. The maximum atomic E-state index is 12.3. The second-order valence-corrected chi connectivity index (χ2v) is 6.17. The van der Waals surface area contributed by atoms with Crippen LogP contribution in [0.15, 0.2) is 35.0 Å². The van der Waals surface area contributed by atoms with E-state index in [1.807, 2.05) is 5.38 Å². The quantitative estimate of drug-likeness (QED) is 0.636. The molecule has 0 amide bonds. The van der Waals surface area contributed by atoms with Crippen LogP contribution in [0.3, 0.4) is 0 Å². The Morgan fingerprint density at radius 2 is 2.05 bits per heavy atom. The summed E-state index contributed by atoms with van der Waals surface area (Å²) in [5.74, 6) is -0.493. The Morgan fingerprint density at radius 1 is 1.24 bits per heavy atom. The van der Waals surface area contributed by atoms with Crippen LogP contribution in [0.1, 0.15) is 28.8 Å². The largest absolute Gasteiger partial charge is 0.504 e. The molecule has 1 aliphatic rings. The van der Waals surface area contributed by atoms with Crippen LogP contribution < -0.4 is 0 Å². The lowest BCUT2D eigenvalue weighted by Gasteiger charge is -2.20. The van der Waals surface area contributed by atoms with Gasteiger partial charge in [-0.15, -0.1) is 0 Å². The van der Waals surface area contributed by atoms with E-state index in [1.165, 1.54) is 17.7 Å². The average molecular weight is 303 g/mol. The average Bonchev–Trinajstić information content (AvgIpc) is 3.19. The Hall–Kier alpha value is -1.85. The topological polar surface area (TPSA) is 60.8 Å². The third kappa shape index (κ3) is 3.43. The van der Waals surface area contributed by atoms with Crippen LogP contribution in [0, 0.1) is 0 Å². The predicted octanol–water partition coefficient (Wildman–Crippen LogP) is 3.01. The Bertz CT molecular complexity index is 635. The van der Waals surface area contributed by atoms with Crippen molar-refractivity contribution in [1.82, 2.24) is 4.90 Å². The molecule has 4 nitrogen and oxygen atoms in total. The maximum absolute atomic E-state index is 12.3. The third-order valence-electron chi connectivity index (χ3n) is 3.67. The second kappa shape index (κ2) is 5.87. The van der Waals surface area contributed by atoms with E-state index in [0.29, 0.717) is 18.2 Å². The number of benzene rings is 1. The molecular weight excluding hydrogens is 286 g/mol. The van der Waals surface area contributed by atoms with Gasteiger partial charge in [-0.25, -0.2) is 0 Å². The molecule has 0 aliphatic heterocycles. The number of carbonyl (C=O) groups is 1. The molecule has 1 aliphatic carbocycles. The number of hydrogen-bond acceptors (Lipinski definition) is 5. The minimum Gasteiger partial charge on any atom is -0.504 e. The van der Waals surface area contributed by atoms with Gasteiger partial charge < -0.3 is 10.2 Å². The van der Waals surface area contributed by atoms with Gasteiger partial charge in [0.1, 0.15) is 0 Å². The minimum absolute atomic E-state index is 0.0348. The molecule has 3 rings (SSSR count). The van der Waals surface area contributed by atoms with Crippen LogP contribution >= 0.6 is 11.3 Å². The Morgan fingerprint density at radius 3 is 2.67 bits per heavy atom. The van der Waals surface area contributed by atoms with E-state index >= 15 is 0 Å². The molecule has 0 atom stereocenters. The summed E-state index contributed by atoms with van der Waals surface area (Å²) < 4.78 is 0. The summed E-state index contributed by atoms with van der Waals surface area (Å²) in [6.45, 7) is 1.12. The standard InChI is InChI=1S/C16H17NO3S/c18-14-4-1-12(7-15(14)19)16(20)9-17(13-2-3-13)8-11-5-6-21-10-11/h1,4-7,10,13,18-19H,2-3,8-9H2. The van der Waals surface area contributed by atoms with E-state index in [4.69, 9.17) is 0 Å². The number of phenols is 2. The van der Waals surface area contributed by atoms with Crippen molar-refractivity contribution in [2.24, 2.45) is 0 Å². The van der Waals surface area contributed by atoms with Gasteiger partial charge in [-0.1, -0.05) is 0 Å². The first kappa shape index (κ1) is 14.1. The van der Waals surface area contributed by atoms with Crippen LogP contribution in [-0.2, 0) is 6.54 Å². The van der Waals surface area contributed by atoms with Crippen molar-refractivity contribution in [2.75, 3.05) is 6.54 Å². The monoisotopic (exact) mass is 303 g/mol. The van der Waals surface area contributed by atoms with Crippen molar-refractivity contribution < 1.29 is 15.0 Å². The lowest BCUT2D eigenvalue weighted by Crippen LogP contribution is -2.31. The van der Waals surface area contributed by atoms with Gasteiger partial charge in [-0.2, -0.15) is 11.3 Å². The first-order chi connectivity index (χ1) is 10.1. The van der Waals surface area contributed by atoms with Crippen molar-refractivity contribution >= 4 is 17.1 Å². The van der Waals surface area contributed by atoms with Gasteiger partial charge in [0.2, 0.25) is 0 Å². The number of aromatic hydroxyl groups is 2. The number of nitrogens with zero attached hydrogens (tertiary/aromatic N) is 1. The fourth-order valence-corrected chi connectivity index (χ4v) is 3.00. The summed E-state index contributed by atoms with van der Waals surface area (Å²) >= 11 is 1.66. The lowest BCUT2D eigenvalue weighted by atomic mass is 10.1. The van der Waals surface area contributed by atoms with Crippen molar-refractivity contribution in [3.05, 3.63) is 46.2 Å². The minimum atomic E-state index is -0.253. The molecule has 0 saturated heterocycles. The number of Topliss-reactive ketones (excluding diaryl/α,β-unsaturated/α-hetero) is 1. The number of thiophene rings is 1. The van der Waals surface area contributed by atoms with Gasteiger partial charge in [-0.3, -0.25) is 9.69 Å². The molecule has 0 unspecified atom stereocenters. The summed E-state index contributed by atoms with van der Waals surface area (Å²) in [6.07, 6.45) is 2.27. The summed E-state index contributed by atoms with van der Waals surface area (Å²) in [5, 5.41) is 22.9. The molecule has 1 aromatic carbocycles. The van der Waals surface area contributed by atoms with Gasteiger partial charge in [0.05, 0.1) is 6.54 Å². The maximum Gasteiger partial charge on any atom is 0.176 e. The normalized spacial score (nSPS) is 14.5. The van der Waals surface area contributed by atoms with E-state index < -0.39 is 0 Å².